The molecule has 3 rings (SSSR count). The zero-order valence-corrected chi connectivity index (χ0v) is 19.2. The minimum atomic E-state index is -4.73. The van der Waals surface area contributed by atoms with Gasteiger partial charge in [-0.3, -0.25) is 4.79 Å². The molecule has 2 aliphatic rings. The average molecular weight is 455 g/mol. The summed E-state index contributed by atoms with van der Waals surface area (Å²) in [5.41, 5.74) is 0. The highest BCUT2D eigenvalue weighted by Crippen LogP contribution is 2.42. The molecule has 2 aliphatic carbocycles. The molecule has 0 unspecified atom stereocenters. The summed E-state index contributed by atoms with van der Waals surface area (Å²) in [4.78, 5) is 12.5. The molecule has 2 fully saturated rings. The monoisotopic (exact) mass is 454 g/mol. The summed E-state index contributed by atoms with van der Waals surface area (Å²) < 4.78 is 46.0. The third kappa shape index (κ3) is 8.00. The first-order valence-electron chi connectivity index (χ1n) is 12.4. The lowest BCUT2D eigenvalue weighted by atomic mass is 9.68. The summed E-state index contributed by atoms with van der Waals surface area (Å²) in [7, 11) is 0. The summed E-state index contributed by atoms with van der Waals surface area (Å²) in [5.74, 6) is 1.98. The maximum absolute atomic E-state index is 12.5. The quantitative estimate of drug-likeness (QED) is 0.215. The molecular weight excluding hydrogens is 417 g/mol. The third-order valence-corrected chi connectivity index (χ3v) is 7.40. The van der Waals surface area contributed by atoms with Gasteiger partial charge in [0.05, 0.1) is 5.92 Å². The zero-order valence-electron chi connectivity index (χ0n) is 19.2. The second-order valence-corrected chi connectivity index (χ2v) is 9.68. The van der Waals surface area contributed by atoms with Gasteiger partial charge in [-0.05, 0) is 80.5 Å². The van der Waals surface area contributed by atoms with Crippen LogP contribution in [0.1, 0.15) is 90.4 Å². The molecule has 0 spiro atoms. The van der Waals surface area contributed by atoms with E-state index in [1.54, 1.807) is 0 Å². The van der Waals surface area contributed by atoms with Crippen LogP contribution in [0, 0.1) is 23.7 Å². The van der Waals surface area contributed by atoms with Crippen LogP contribution in [-0.4, -0.2) is 12.3 Å². The molecule has 180 valence electrons. The van der Waals surface area contributed by atoms with E-state index in [0.29, 0.717) is 0 Å². The molecule has 0 bridgehead atoms. The summed E-state index contributed by atoms with van der Waals surface area (Å²) in [6, 6.07) is 5.00. The van der Waals surface area contributed by atoms with Crippen LogP contribution >= 0.6 is 0 Å². The van der Waals surface area contributed by atoms with E-state index in [2.05, 4.69) is 11.7 Å². The molecule has 1 aromatic rings. The number of carbonyl (C=O) groups is 1. The molecule has 0 radical (unpaired) electrons. The zero-order chi connectivity index (χ0) is 23.0. The normalized spacial score (nSPS) is 26.5. The van der Waals surface area contributed by atoms with Gasteiger partial charge in [-0.1, -0.05) is 51.9 Å². The smallest absolute Gasteiger partial charge is 0.426 e. The highest BCUT2D eigenvalue weighted by Gasteiger charge is 2.34. The first kappa shape index (κ1) is 24.9. The van der Waals surface area contributed by atoms with E-state index in [1.165, 1.54) is 69.9 Å². The molecule has 0 amide bonds. The van der Waals surface area contributed by atoms with Crippen LogP contribution in [0.2, 0.25) is 0 Å². The molecule has 32 heavy (non-hydrogen) atoms. The third-order valence-electron chi connectivity index (χ3n) is 7.40. The van der Waals surface area contributed by atoms with Crippen molar-refractivity contribution in [3.63, 3.8) is 0 Å². The van der Waals surface area contributed by atoms with E-state index in [4.69, 9.17) is 4.74 Å². The largest absolute Gasteiger partial charge is 0.573 e. The lowest BCUT2D eigenvalue weighted by molar-refractivity contribution is -0.274. The van der Waals surface area contributed by atoms with Crippen molar-refractivity contribution < 1.29 is 27.4 Å². The fraction of sp³-hybridized carbons (Fsp3) is 0.731. The van der Waals surface area contributed by atoms with Gasteiger partial charge in [0.25, 0.3) is 0 Å². The lowest BCUT2D eigenvalue weighted by Gasteiger charge is -2.37. The Morgan fingerprint density at radius 2 is 1.41 bits per heavy atom. The molecule has 6 heteroatoms. The van der Waals surface area contributed by atoms with Crippen molar-refractivity contribution in [2.24, 2.45) is 23.7 Å². The Balaban J connectivity index is 1.36. The number of alkyl halides is 3. The molecule has 0 N–H and O–H groups in total. The van der Waals surface area contributed by atoms with Gasteiger partial charge in [0, 0.05) is 0 Å². The van der Waals surface area contributed by atoms with Crippen LogP contribution < -0.4 is 9.47 Å². The predicted molar refractivity (Wildman–Crippen MR) is 118 cm³/mol. The van der Waals surface area contributed by atoms with Gasteiger partial charge >= 0.3 is 12.3 Å². The Morgan fingerprint density at radius 3 is 1.97 bits per heavy atom. The van der Waals surface area contributed by atoms with Gasteiger partial charge < -0.3 is 9.47 Å². The molecule has 1 aromatic carbocycles. The van der Waals surface area contributed by atoms with Crippen molar-refractivity contribution in [3.8, 4) is 11.5 Å². The summed E-state index contributed by atoms with van der Waals surface area (Å²) >= 11 is 0. The molecule has 0 saturated heterocycles. The summed E-state index contributed by atoms with van der Waals surface area (Å²) in [5, 5.41) is 0. The minimum Gasteiger partial charge on any atom is -0.426 e. The van der Waals surface area contributed by atoms with E-state index in [0.717, 1.165) is 55.6 Å². The van der Waals surface area contributed by atoms with Gasteiger partial charge in [-0.15, -0.1) is 13.2 Å². The second-order valence-electron chi connectivity index (χ2n) is 9.68. The number of hydrogen-bond donors (Lipinski definition) is 0. The molecule has 2 saturated carbocycles. The highest BCUT2D eigenvalue weighted by atomic mass is 19.4. The van der Waals surface area contributed by atoms with Crippen molar-refractivity contribution in [2.45, 2.75) is 96.8 Å². The van der Waals surface area contributed by atoms with Crippen molar-refractivity contribution in [2.75, 3.05) is 0 Å². The van der Waals surface area contributed by atoms with Crippen LogP contribution in [0.3, 0.4) is 0 Å². The van der Waals surface area contributed by atoms with Crippen molar-refractivity contribution in [1.82, 2.24) is 0 Å². The SMILES string of the molecule is CCCCCCC1CCC(C2CCC(C(=O)Oc3ccc(OC(F)(F)F)cc3)CC2)CC1. The Bertz CT molecular complexity index is 685. The van der Waals surface area contributed by atoms with Crippen molar-refractivity contribution in [3.05, 3.63) is 24.3 Å². The fourth-order valence-corrected chi connectivity index (χ4v) is 5.54. The fourth-order valence-electron chi connectivity index (χ4n) is 5.54. The number of hydrogen-bond acceptors (Lipinski definition) is 3. The molecule has 0 atom stereocenters. The second kappa shape index (κ2) is 11.9. The maximum atomic E-state index is 12.5. The van der Waals surface area contributed by atoms with Crippen LogP contribution in [0.5, 0.6) is 11.5 Å². The van der Waals surface area contributed by atoms with Crippen LogP contribution in [0.15, 0.2) is 24.3 Å². The minimum absolute atomic E-state index is 0.118. The number of carbonyl (C=O) groups excluding carboxylic acids is 1. The van der Waals surface area contributed by atoms with Gasteiger partial charge in [0.15, 0.2) is 0 Å². The number of rotatable bonds is 9. The van der Waals surface area contributed by atoms with Gasteiger partial charge in [0.1, 0.15) is 11.5 Å². The Kier molecular flexibility index (Phi) is 9.30. The molecule has 0 aromatic heterocycles. The van der Waals surface area contributed by atoms with Crippen molar-refractivity contribution in [1.29, 1.82) is 0 Å². The Morgan fingerprint density at radius 1 is 0.844 bits per heavy atom. The molecular formula is C26H37F3O3. The summed E-state index contributed by atoms with van der Waals surface area (Å²) in [6.45, 7) is 2.26. The topological polar surface area (TPSA) is 35.5 Å². The number of benzene rings is 1. The number of unbranched alkanes of at least 4 members (excludes halogenated alkanes) is 3. The number of esters is 1. The number of halogens is 3. The molecule has 3 nitrogen and oxygen atoms in total. The van der Waals surface area contributed by atoms with Gasteiger partial charge in [-0.25, -0.2) is 0 Å². The van der Waals surface area contributed by atoms with Gasteiger partial charge in [0.2, 0.25) is 0 Å². The van der Waals surface area contributed by atoms with Crippen LogP contribution in [-0.2, 0) is 4.79 Å². The maximum Gasteiger partial charge on any atom is 0.573 e. The first-order chi connectivity index (χ1) is 15.3. The van der Waals surface area contributed by atoms with Crippen LogP contribution in [0.4, 0.5) is 13.2 Å². The standard InChI is InChI=1S/C26H37F3O3/c1-2-3-4-5-6-19-7-9-20(10-8-19)21-11-13-22(14-12-21)25(30)31-23-15-17-24(18-16-23)32-26(27,28)29/h15-22H,2-14H2,1H3. The molecule has 0 heterocycles. The molecule has 0 aliphatic heterocycles. The van der Waals surface area contributed by atoms with E-state index < -0.39 is 6.36 Å². The predicted octanol–water partition coefficient (Wildman–Crippen LogP) is 8.07. The van der Waals surface area contributed by atoms with E-state index >= 15 is 0 Å². The summed E-state index contributed by atoms with van der Waals surface area (Å²) in [6.07, 6.45) is 11.3. The Labute approximate surface area is 190 Å². The van der Waals surface area contributed by atoms with Crippen molar-refractivity contribution >= 4 is 5.97 Å². The highest BCUT2D eigenvalue weighted by molar-refractivity contribution is 5.75. The van der Waals surface area contributed by atoms with E-state index in [9.17, 15) is 18.0 Å². The average Bonchev–Trinajstić information content (AvgIpc) is 2.78. The Hall–Kier alpha value is -1.72. The van der Waals surface area contributed by atoms with E-state index in [1.807, 2.05) is 0 Å². The number of ether oxygens (including phenoxy) is 2. The van der Waals surface area contributed by atoms with Crippen LogP contribution in [0.25, 0.3) is 0 Å². The van der Waals surface area contributed by atoms with E-state index in [-0.39, 0.29) is 23.4 Å². The lowest BCUT2D eigenvalue weighted by Crippen LogP contribution is -2.30. The first-order valence-corrected chi connectivity index (χ1v) is 12.4. The van der Waals surface area contributed by atoms with Gasteiger partial charge in [-0.2, -0.15) is 0 Å².